The van der Waals surface area contributed by atoms with Crippen LogP contribution in [0.1, 0.15) is 12.8 Å². The second-order valence-electron chi connectivity index (χ2n) is 5.84. The highest BCUT2D eigenvalue weighted by Crippen LogP contribution is 2.23. The number of hydrogen-bond acceptors (Lipinski definition) is 5. The first kappa shape index (κ1) is 18.4. The summed E-state index contributed by atoms with van der Waals surface area (Å²) in [5.74, 6) is -2.98. The Labute approximate surface area is 148 Å². The van der Waals surface area contributed by atoms with Gasteiger partial charge in [-0.05, 0) is 12.1 Å². The van der Waals surface area contributed by atoms with Crippen LogP contribution in [0.2, 0.25) is 0 Å². The summed E-state index contributed by atoms with van der Waals surface area (Å²) < 4.78 is 53.6. The molecular weight excluding hydrogens is 370 g/mol. The molecule has 2 aliphatic heterocycles. The predicted octanol–water partition coefficient (Wildman–Crippen LogP) is 0.0637. The summed E-state index contributed by atoms with van der Waals surface area (Å²) in [6, 6.07) is 2.85. The Morgan fingerprint density at radius 3 is 2.23 bits per heavy atom. The zero-order chi connectivity index (χ0) is 18.9. The van der Waals surface area contributed by atoms with Gasteiger partial charge in [-0.15, -0.1) is 0 Å². The molecule has 1 N–H and O–H groups in total. The normalized spacial score (nSPS) is 19.1. The standard InChI is InChI=1S/C15H16F2N4O4S/c16-10-2-1-3-11(17)14(10)26(24,25)21-8-6-20(7-9-21)15(23)12-4-5-13(22)19-18-12/h1-3H,4-9H2,(H,19,22). The molecule has 0 spiro atoms. The summed E-state index contributed by atoms with van der Waals surface area (Å²) in [7, 11) is -4.35. The minimum Gasteiger partial charge on any atom is -0.335 e. The Morgan fingerprint density at radius 1 is 1.08 bits per heavy atom. The molecule has 0 atom stereocenters. The summed E-state index contributed by atoms with van der Waals surface area (Å²) >= 11 is 0. The molecule has 2 heterocycles. The molecular formula is C15H16F2N4O4S. The van der Waals surface area contributed by atoms with Gasteiger partial charge in [0, 0.05) is 39.0 Å². The molecule has 0 bridgehead atoms. The monoisotopic (exact) mass is 386 g/mol. The van der Waals surface area contributed by atoms with Crippen LogP contribution < -0.4 is 5.43 Å². The molecule has 1 saturated heterocycles. The van der Waals surface area contributed by atoms with E-state index >= 15 is 0 Å². The van der Waals surface area contributed by atoms with Crippen molar-refractivity contribution >= 4 is 27.5 Å². The van der Waals surface area contributed by atoms with E-state index in [0.717, 1.165) is 22.5 Å². The van der Waals surface area contributed by atoms with Crippen molar-refractivity contribution in [2.24, 2.45) is 5.10 Å². The van der Waals surface area contributed by atoms with Crippen molar-refractivity contribution < 1.29 is 26.8 Å². The van der Waals surface area contributed by atoms with Gasteiger partial charge in [0.25, 0.3) is 5.91 Å². The molecule has 0 radical (unpaired) electrons. The number of carbonyl (C=O) groups excluding carboxylic acids is 2. The fourth-order valence-electron chi connectivity index (χ4n) is 2.80. The van der Waals surface area contributed by atoms with Crippen LogP contribution in [0.25, 0.3) is 0 Å². The number of piperazine rings is 1. The van der Waals surface area contributed by atoms with E-state index in [0.29, 0.717) is 0 Å². The maximum atomic E-state index is 13.8. The van der Waals surface area contributed by atoms with Crippen molar-refractivity contribution in [1.29, 1.82) is 0 Å². The lowest BCUT2D eigenvalue weighted by Gasteiger charge is -2.34. The predicted molar refractivity (Wildman–Crippen MR) is 86.5 cm³/mol. The molecule has 1 fully saturated rings. The summed E-state index contributed by atoms with van der Waals surface area (Å²) in [5, 5.41) is 3.72. The number of carbonyl (C=O) groups is 2. The smallest absolute Gasteiger partial charge is 0.270 e. The van der Waals surface area contributed by atoms with Crippen LogP contribution in [-0.4, -0.2) is 61.3 Å². The van der Waals surface area contributed by atoms with E-state index in [4.69, 9.17) is 0 Å². The first-order chi connectivity index (χ1) is 12.3. The molecule has 11 heteroatoms. The fourth-order valence-corrected chi connectivity index (χ4v) is 4.33. The van der Waals surface area contributed by atoms with Gasteiger partial charge in [-0.2, -0.15) is 9.41 Å². The van der Waals surface area contributed by atoms with Gasteiger partial charge in [-0.1, -0.05) is 6.07 Å². The maximum absolute atomic E-state index is 13.8. The van der Waals surface area contributed by atoms with Crippen LogP contribution in [0.5, 0.6) is 0 Å². The number of hydrogen-bond donors (Lipinski definition) is 1. The first-order valence-corrected chi connectivity index (χ1v) is 9.33. The van der Waals surface area contributed by atoms with Crippen molar-refractivity contribution in [3.05, 3.63) is 29.8 Å². The molecule has 2 aliphatic rings. The number of nitrogens with zero attached hydrogens (tertiary/aromatic N) is 3. The van der Waals surface area contributed by atoms with E-state index in [1.807, 2.05) is 0 Å². The molecule has 1 aromatic rings. The quantitative estimate of drug-likeness (QED) is 0.794. The number of benzene rings is 1. The minimum absolute atomic E-state index is 0.0566. The maximum Gasteiger partial charge on any atom is 0.270 e. The second kappa shape index (κ2) is 7.08. The zero-order valence-electron chi connectivity index (χ0n) is 13.6. The lowest BCUT2D eigenvalue weighted by atomic mass is 10.1. The van der Waals surface area contributed by atoms with Crippen molar-refractivity contribution in [3.63, 3.8) is 0 Å². The Hall–Kier alpha value is -2.40. The van der Waals surface area contributed by atoms with E-state index in [1.165, 1.54) is 4.90 Å². The number of rotatable bonds is 3. The van der Waals surface area contributed by atoms with Gasteiger partial charge in [0.1, 0.15) is 17.3 Å². The third-order valence-corrected chi connectivity index (χ3v) is 6.14. The highest BCUT2D eigenvalue weighted by molar-refractivity contribution is 7.89. The molecule has 0 aliphatic carbocycles. The molecule has 0 saturated carbocycles. The van der Waals surface area contributed by atoms with Gasteiger partial charge in [0.2, 0.25) is 15.9 Å². The number of sulfonamides is 1. The Morgan fingerprint density at radius 2 is 1.69 bits per heavy atom. The number of hydrazone groups is 1. The van der Waals surface area contributed by atoms with Gasteiger partial charge in [-0.3, -0.25) is 9.59 Å². The highest BCUT2D eigenvalue weighted by atomic mass is 32.2. The number of amides is 2. The average Bonchev–Trinajstić information content (AvgIpc) is 2.61. The van der Waals surface area contributed by atoms with Gasteiger partial charge < -0.3 is 4.90 Å². The summed E-state index contributed by atoms with van der Waals surface area (Å²) in [4.78, 5) is 23.8. The van der Waals surface area contributed by atoms with Crippen LogP contribution >= 0.6 is 0 Å². The van der Waals surface area contributed by atoms with Crippen LogP contribution in [-0.2, 0) is 19.6 Å². The SMILES string of the molecule is O=C1CCC(C(=O)N2CCN(S(=O)(=O)c3c(F)cccc3F)CC2)=NN1. The van der Waals surface area contributed by atoms with Gasteiger partial charge in [0.05, 0.1) is 0 Å². The van der Waals surface area contributed by atoms with Crippen LogP contribution in [0.15, 0.2) is 28.2 Å². The van der Waals surface area contributed by atoms with Gasteiger partial charge >= 0.3 is 0 Å². The van der Waals surface area contributed by atoms with E-state index in [1.54, 1.807) is 0 Å². The van der Waals surface area contributed by atoms with E-state index in [2.05, 4.69) is 10.5 Å². The molecule has 26 heavy (non-hydrogen) atoms. The summed E-state index contributed by atoms with van der Waals surface area (Å²) in [6.07, 6.45) is 0.370. The Bertz CT molecular complexity index is 859. The van der Waals surface area contributed by atoms with Crippen LogP contribution in [0, 0.1) is 11.6 Å². The first-order valence-electron chi connectivity index (χ1n) is 7.89. The molecule has 140 valence electrons. The lowest BCUT2D eigenvalue weighted by Crippen LogP contribution is -2.52. The average molecular weight is 386 g/mol. The minimum atomic E-state index is -4.35. The number of halogens is 2. The molecule has 0 unspecified atom stereocenters. The summed E-state index contributed by atoms with van der Waals surface area (Å²) in [5.41, 5.74) is 2.43. The molecule has 0 aromatic heterocycles. The molecule has 8 nitrogen and oxygen atoms in total. The second-order valence-corrected chi connectivity index (χ2v) is 7.72. The fraction of sp³-hybridized carbons (Fsp3) is 0.400. The van der Waals surface area contributed by atoms with Gasteiger partial charge in [-0.25, -0.2) is 22.6 Å². The third kappa shape index (κ3) is 3.44. The van der Waals surface area contributed by atoms with Gasteiger partial charge in [0.15, 0.2) is 4.90 Å². The van der Waals surface area contributed by atoms with E-state index < -0.39 is 26.6 Å². The van der Waals surface area contributed by atoms with Crippen molar-refractivity contribution in [1.82, 2.24) is 14.6 Å². The highest BCUT2D eigenvalue weighted by Gasteiger charge is 2.35. The number of nitrogens with one attached hydrogen (secondary N) is 1. The van der Waals surface area contributed by atoms with E-state index in [-0.39, 0.29) is 56.5 Å². The largest absolute Gasteiger partial charge is 0.335 e. The van der Waals surface area contributed by atoms with E-state index in [9.17, 15) is 26.8 Å². The van der Waals surface area contributed by atoms with Crippen molar-refractivity contribution in [2.75, 3.05) is 26.2 Å². The molecule has 3 rings (SSSR count). The lowest BCUT2D eigenvalue weighted by molar-refractivity contribution is -0.125. The Kier molecular flexibility index (Phi) is 5.01. The van der Waals surface area contributed by atoms with Crippen LogP contribution in [0.3, 0.4) is 0 Å². The molecule has 1 aromatic carbocycles. The van der Waals surface area contributed by atoms with Crippen molar-refractivity contribution in [3.8, 4) is 0 Å². The zero-order valence-corrected chi connectivity index (χ0v) is 14.4. The Balaban J connectivity index is 1.70. The van der Waals surface area contributed by atoms with Crippen LogP contribution in [0.4, 0.5) is 8.78 Å². The summed E-state index contributed by atoms with van der Waals surface area (Å²) in [6.45, 7) is -0.0782. The topological polar surface area (TPSA) is 99.2 Å². The molecule has 2 amide bonds. The van der Waals surface area contributed by atoms with Crippen molar-refractivity contribution in [2.45, 2.75) is 17.7 Å². The third-order valence-electron chi connectivity index (χ3n) is 4.19.